The quantitative estimate of drug-likeness (QED) is 0.849. The summed E-state index contributed by atoms with van der Waals surface area (Å²) in [7, 11) is 0. The average molecular weight is 339 g/mol. The van der Waals surface area contributed by atoms with Crippen molar-refractivity contribution in [2.45, 2.75) is 44.8 Å². The number of carbonyl (C=O) groups is 1. The van der Waals surface area contributed by atoms with E-state index in [1.54, 1.807) is 6.26 Å². The minimum Gasteiger partial charge on any atom is -0.459 e. The number of benzene rings is 1. The van der Waals surface area contributed by atoms with E-state index >= 15 is 0 Å². The second-order valence-corrected chi connectivity index (χ2v) is 7.24. The van der Waals surface area contributed by atoms with Crippen LogP contribution in [0.2, 0.25) is 0 Å². The number of nitrogens with zero attached hydrogens (tertiary/aromatic N) is 1. The van der Waals surface area contributed by atoms with Gasteiger partial charge >= 0.3 is 0 Å². The fourth-order valence-corrected chi connectivity index (χ4v) is 3.82. The van der Waals surface area contributed by atoms with Crippen molar-refractivity contribution >= 4 is 11.6 Å². The Bertz CT molecular complexity index is 766. The molecule has 0 radical (unpaired) electrons. The third-order valence-electron chi connectivity index (χ3n) is 5.40. The van der Waals surface area contributed by atoms with Crippen molar-refractivity contribution in [3.8, 4) is 0 Å². The summed E-state index contributed by atoms with van der Waals surface area (Å²) in [6.07, 6.45) is 4.93. The fourth-order valence-electron chi connectivity index (χ4n) is 3.82. The maximum Gasteiger partial charge on any atom is 0.287 e. The highest BCUT2D eigenvalue weighted by molar-refractivity contribution is 5.93. The molecular formula is C20H25N3O2. The van der Waals surface area contributed by atoms with Crippen molar-refractivity contribution in [1.82, 2.24) is 5.32 Å². The van der Waals surface area contributed by atoms with Crippen molar-refractivity contribution in [2.24, 2.45) is 11.7 Å². The molecule has 1 aliphatic heterocycles. The zero-order chi connectivity index (χ0) is 17.4. The van der Waals surface area contributed by atoms with Gasteiger partial charge in [-0.1, -0.05) is 18.2 Å². The predicted molar refractivity (Wildman–Crippen MR) is 97.5 cm³/mol. The standard InChI is InChI=1S/C20H25N3O2/c1-13-10-15-4-2-3-5-18(15)23(13)12-16-8-9-25-19(16)20(24)22-17(11-21)14-6-7-14/h2-5,8-9,13-14,17H,6-7,10-12,21H2,1H3,(H,22,24). The molecule has 4 rings (SSSR count). The zero-order valence-corrected chi connectivity index (χ0v) is 14.6. The van der Waals surface area contributed by atoms with Crippen LogP contribution in [0.5, 0.6) is 0 Å². The van der Waals surface area contributed by atoms with Gasteiger partial charge < -0.3 is 20.4 Å². The number of rotatable bonds is 6. The summed E-state index contributed by atoms with van der Waals surface area (Å²) in [5.74, 6) is 0.788. The van der Waals surface area contributed by atoms with Crippen molar-refractivity contribution in [3.05, 3.63) is 53.5 Å². The van der Waals surface area contributed by atoms with E-state index in [9.17, 15) is 4.79 Å². The van der Waals surface area contributed by atoms with Gasteiger partial charge in [-0.3, -0.25) is 4.79 Å². The van der Waals surface area contributed by atoms with Crippen molar-refractivity contribution < 1.29 is 9.21 Å². The maximum absolute atomic E-state index is 12.7. The van der Waals surface area contributed by atoms with Gasteiger partial charge in [-0.2, -0.15) is 0 Å². The fraction of sp³-hybridized carbons (Fsp3) is 0.450. The number of hydrogen-bond donors (Lipinski definition) is 2. The van der Waals surface area contributed by atoms with Crippen molar-refractivity contribution in [2.75, 3.05) is 11.4 Å². The number of hydrogen-bond acceptors (Lipinski definition) is 4. The molecule has 0 saturated heterocycles. The highest BCUT2D eigenvalue weighted by Gasteiger charge is 2.33. The molecule has 1 aliphatic carbocycles. The van der Waals surface area contributed by atoms with Crippen LogP contribution >= 0.6 is 0 Å². The van der Waals surface area contributed by atoms with Crippen molar-refractivity contribution in [3.63, 3.8) is 0 Å². The Morgan fingerprint density at radius 3 is 2.92 bits per heavy atom. The first-order valence-corrected chi connectivity index (χ1v) is 9.09. The molecule has 0 spiro atoms. The molecule has 1 fully saturated rings. The number of amides is 1. The SMILES string of the molecule is CC1Cc2ccccc2N1Cc1ccoc1C(=O)NC(CN)C1CC1. The first kappa shape index (κ1) is 16.2. The molecular weight excluding hydrogens is 314 g/mol. The molecule has 2 heterocycles. The second kappa shape index (κ2) is 6.56. The Labute approximate surface area is 148 Å². The molecule has 5 nitrogen and oxygen atoms in total. The lowest BCUT2D eigenvalue weighted by atomic mass is 10.1. The molecule has 1 aromatic carbocycles. The summed E-state index contributed by atoms with van der Waals surface area (Å²) < 4.78 is 5.53. The Kier molecular flexibility index (Phi) is 4.25. The van der Waals surface area contributed by atoms with E-state index in [0.29, 0.717) is 30.8 Å². The summed E-state index contributed by atoms with van der Waals surface area (Å²) >= 11 is 0. The van der Waals surface area contributed by atoms with E-state index in [4.69, 9.17) is 10.2 Å². The third kappa shape index (κ3) is 3.16. The van der Waals surface area contributed by atoms with E-state index in [1.807, 2.05) is 6.07 Å². The maximum atomic E-state index is 12.7. The van der Waals surface area contributed by atoms with Crippen LogP contribution in [0.1, 0.15) is 41.4 Å². The topological polar surface area (TPSA) is 71.5 Å². The molecule has 0 bridgehead atoms. The average Bonchev–Trinajstić information content (AvgIpc) is 3.27. The van der Waals surface area contributed by atoms with Gasteiger partial charge in [0.1, 0.15) is 0 Å². The van der Waals surface area contributed by atoms with Gasteiger partial charge in [0.2, 0.25) is 0 Å². The predicted octanol–water partition coefficient (Wildman–Crippen LogP) is 2.70. The Morgan fingerprint density at radius 2 is 2.16 bits per heavy atom. The van der Waals surface area contributed by atoms with E-state index in [-0.39, 0.29) is 11.9 Å². The van der Waals surface area contributed by atoms with Gasteiger partial charge in [0, 0.05) is 36.4 Å². The zero-order valence-electron chi connectivity index (χ0n) is 14.6. The summed E-state index contributed by atoms with van der Waals surface area (Å²) in [5.41, 5.74) is 9.34. The number of para-hydroxylation sites is 1. The largest absolute Gasteiger partial charge is 0.459 e. The van der Waals surface area contributed by atoms with Crippen LogP contribution in [0.4, 0.5) is 5.69 Å². The number of nitrogens with two attached hydrogens (primary N) is 1. The molecule has 2 unspecified atom stereocenters. The lowest BCUT2D eigenvalue weighted by molar-refractivity contribution is 0.0904. The Balaban J connectivity index is 1.51. The van der Waals surface area contributed by atoms with Crippen LogP contribution in [0, 0.1) is 5.92 Å². The first-order valence-electron chi connectivity index (χ1n) is 9.09. The van der Waals surface area contributed by atoms with Gasteiger partial charge in [0.05, 0.1) is 6.26 Å². The minimum atomic E-state index is -0.150. The summed E-state index contributed by atoms with van der Waals surface area (Å²) in [5, 5.41) is 3.05. The van der Waals surface area contributed by atoms with Crippen LogP contribution in [0.15, 0.2) is 41.0 Å². The number of fused-ring (bicyclic) bond motifs is 1. The van der Waals surface area contributed by atoms with Crippen LogP contribution in [0.25, 0.3) is 0 Å². The van der Waals surface area contributed by atoms with Crippen LogP contribution < -0.4 is 16.0 Å². The van der Waals surface area contributed by atoms with Gasteiger partial charge in [-0.05, 0) is 49.8 Å². The number of furan rings is 1. The molecule has 3 N–H and O–H groups in total. The second-order valence-electron chi connectivity index (χ2n) is 7.24. The van der Waals surface area contributed by atoms with Gasteiger partial charge in [0.15, 0.2) is 5.76 Å². The Morgan fingerprint density at radius 1 is 1.36 bits per heavy atom. The molecule has 2 aliphatic rings. The first-order chi connectivity index (χ1) is 12.2. The molecule has 2 atom stereocenters. The van der Waals surface area contributed by atoms with Gasteiger partial charge in [-0.25, -0.2) is 0 Å². The monoisotopic (exact) mass is 339 g/mol. The van der Waals surface area contributed by atoms with Crippen LogP contribution in [0.3, 0.4) is 0 Å². The van der Waals surface area contributed by atoms with E-state index in [1.165, 1.54) is 11.3 Å². The molecule has 5 heteroatoms. The van der Waals surface area contributed by atoms with E-state index in [0.717, 1.165) is 24.8 Å². The smallest absolute Gasteiger partial charge is 0.287 e. The van der Waals surface area contributed by atoms with E-state index < -0.39 is 0 Å². The highest BCUT2D eigenvalue weighted by Crippen LogP contribution is 2.34. The van der Waals surface area contributed by atoms with Gasteiger partial charge in [-0.15, -0.1) is 0 Å². The number of nitrogens with one attached hydrogen (secondary N) is 1. The molecule has 1 amide bonds. The molecule has 1 saturated carbocycles. The van der Waals surface area contributed by atoms with Crippen molar-refractivity contribution in [1.29, 1.82) is 0 Å². The van der Waals surface area contributed by atoms with Gasteiger partial charge in [0.25, 0.3) is 5.91 Å². The third-order valence-corrected chi connectivity index (χ3v) is 5.40. The number of carbonyl (C=O) groups excluding carboxylic acids is 1. The molecule has 1 aromatic heterocycles. The lowest BCUT2D eigenvalue weighted by Crippen LogP contribution is -2.42. The lowest BCUT2D eigenvalue weighted by Gasteiger charge is -2.25. The highest BCUT2D eigenvalue weighted by atomic mass is 16.3. The summed E-state index contributed by atoms with van der Waals surface area (Å²) in [4.78, 5) is 15.0. The van der Waals surface area contributed by atoms with Crippen LogP contribution in [-0.4, -0.2) is 24.5 Å². The molecule has 2 aromatic rings. The molecule has 132 valence electrons. The Hall–Kier alpha value is -2.27. The minimum absolute atomic E-state index is 0.0527. The normalized spacial score (nSPS) is 20.4. The number of anilines is 1. The molecule has 25 heavy (non-hydrogen) atoms. The van der Waals surface area contributed by atoms with E-state index in [2.05, 4.69) is 41.4 Å². The summed E-state index contributed by atoms with van der Waals surface area (Å²) in [6.45, 7) is 3.37. The summed E-state index contributed by atoms with van der Waals surface area (Å²) in [6, 6.07) is 10.8. The van der Waals surface area contributed by atoms with Crippen LogP contribution in [-0.2, 0) is 13.0 Å².